The molecule has 4 heteroatoms. The van der Waals surface area contributed by atoms with Crippen LogP contribution in [0.2, 0.25) is 0 Å². The summed E-state index contributed by atoms with van der Waals surface area (Å²) in [4.78, 5) is 2.58. The van der Waals surface area contributed by atoms with Gasteiger partial charge in [-0.15, -0.1) is 24.8 Å². The number of hydrogen-bond acceptors (Lipinski definition) is 2. The van der Waals surface area contributed by atoms with Gasteiger partial charge < -0.3 is 5.32 Å². The van der Waals surface area contributed by atoms with Crippen molar-refractivity contribution in [2.45, 2.75) is 19.4 Å². The molecule has 1 heterocycles. The summed E-state index contributed by atoms with van der Waals surface area (Å²) in [6, 6.07) is 16.4. The molecule has 1 fully saturated rings. The van der Waals surface area contributed by atoms with Crippen molar-refractivity contribution in [3.63, 3.8) is 0 Å². The van der Waals surface area contributed by atoms with Gasteiger partial charge in [-0.1, -0.05) is 42.5 Å². The van der Waals surface area contributed by atoms with Crippen LogP contribution >= 0.6 is 24.8 Å². The zero-order chi connectivity index (χ0) is 14.2. The number of benzene rings is 2. The average Bonchev–Trinajstić information content (AvgIpc) is 2.92. The molecule has 1 atom stereocenters. The summed E-state index contributed by atoms with van der Waals surface area (Å²) in [6.45, 7) is 6.87. The Bertz CT molecular complexity index is 666. The van der Waals surface area contributed by atoms with Crippen LogP contribution in [-0.2, 0) is 6.42 Å². The van der Waals surface area contributed by atoms with Gasteiger partial charge in [-0.3, -0.25) is 4.90 Å². The minimum atomic E-state index is 0. The molecule has 0 saturated carbocycles. The maximum atomic E-state index is 3.43. The number of hydrogen-bond donors (Lipinski definition) is 1. The zero-order valence-electron chi connectivity index (χ0n) is 13.4. The lowest BCUT2D eigenvalue weighted by Gasteiger charge is -2.33. The first-order valence-electron chi connectivity index (χ1n) is 7.99. The molecule has 0 unspecified atom stereocenters. The predicted octanol–water partition coefficient (Wildman–Crippen LogP) is 4.07. The molecule has 0 aromatic heterocycles. The normalized spacial score (nSPS) is 17.4. The Kier molecular flexibility index (Phi) is 6.10. The Balaban J connectivity index is 0.000000960. The van der Waals surface area contributed by atoms with E-state index in [0.29, 0.717) is 6.04 Å². The van der Waals surface area contributed by atoms with Gasteiger partial charge in [0.2, 0.25) is 0 Å². The lowest BCUT2D eigenvalue weighted by Crippen LogP contribution is -2.44. The Morgan fingerprint density at radius 2 is 1.61 bits per heavy atom. The van der Waals surface area contributed by atoms with Crippen molar-refractivity contribution in [1.29, 1.82) is 0 Å². The monoisotopic (exact) mass is 350 g/mol. The van der Waals surface area contributed by atoms with Gasteiger partial charge in [0.15, 0.2) is 0 Å². The van der Waals surface area contributed by atoms with Gasteiger partial charge in [-0.25, -0.2) is 0 Å². The highest BCUT2D eigenvalue weighted by molar-refractivity contribution is 5.85. The summed E-state index contributed by atoms with van der Waals surface area (Å²) in [6.07, 6.45) is 1.09. The van der Waals surface area contributed by atoms with Gasteiger partial charge in [-0.05, 0) is 41.2 Å². The van der Waals surface area contributed by atoms with E-state index < -0.39 is 0 Å². The fraction of sp³-hybridized carbons (Fsp3) is 0.368. The SMILES string of the molecule is C[C@@H](c1ccc2c(c1)Cc1ccccc1-2)N1CCNCC1.Cl.Cl. The highest BCUT2D eigenvalue weighted by atomic mass is 35.5. The van der Waals surface area contributed by atoms with Crippen LogP contribution in [0.1, 0.15) is 29.7 Å². The van der Waals surface area contributed by atoms with Crippen molar-refractivity contribution in [1.82, 2.24) is 10.2 Å². The summed E-state index contributed by atoms with van der Waals surface area (Å²) >= 11 is 0. The van der Waals surface area contributed by atoms with E-state index >= 15 is 0 Å². The van der Waals surface area contributed by atoms with Gasteiger partial charge in [0.05, 0.1) is 0 Å². The number of rotatable bonds is 2. The first kappa shape index (κ1) is 18.3. The molecule has 0 amide bonds. The molecule has 1 aliphatic heterocycles. The third-order valence-electron chi connectivity index (χ3n) is 5.00. The lowest BCUT2D eigenvalue weighted by atomic mass is 9.99. The predicted molar refractivity (Wildman–Crippen MR) is 102 cm³/mol. The summed E-state index contributed by atoms with van der Waals surface area (Å²) in [5.41, 5.74) is 7.29. The molecule has 0 bridgehead atoms. The van der Waals surface area contributed by atoms with Crippen LogP contribution in [0.4, 0.5) is 0 Å². The molecule has 2 aromatic rings. The largest absolute Gasteiger partial charge is 0.314 e. The standard InChI is InChI=1S/C19H22N2.2ClH/c1-14(21-10-8-20-9-11-21)15-6-7-19-17(12-15)13-16-4-2-3-5-18(16)19;;/h2-7,12,14,20H,8-11,13H2,1H3;2*1H/t14-;;/m0../s1. The third-order valence-corrected chi connectivity index (χ3v) is 5.00. The van der Waals surface area contributed by atoms with E-state index in [1.165, 1.54) is 27.8 Å². The van der Waals surface area contributed by atoms with Crippen LogP contribution in [0.5, 0.6) is 0 Å². The molecule has 124 valence electrons. The summed E-state index contributed by atoms with van der Waals surface area (Å²) in [7, 11) is 0. The quantitative estimate of drug-likeness (QED) is 0.749. The van der Waals surface area contributed by atoms with E-state index in [1.807, 2.05) is 0 Å². The number of nitrogens with one attached hydrogen (secondary N) is 1. The smallest absolute Gasteiger partial charge is 0.0321 e. The third kappa shape index (κ3) is 3.41. The Hall–Kier alpha value is -1.06. The van der Waals surface area contributed by atoms with Crippen molar-refractivity contribution >= 4 is 24.8 Å². The van der Waals surface area contributed by atoms with Crippen molar-refractivity contribution in [3.8, 4) is 11.1 Å². The van der Waals surface area contributed by atoms with E-state index in [0.717, 1.165) is 32.6 Å². The number of piperazine rings is 1. The summed E-state index contributed by atoms with van der Waals surface area (Å²) in [5, 5.41) is 3.43. The Morgan fingerprint density at radius 1 is 0.913 bits per heavy atom. The summed E-state index contributed by atoms with van der Waals surface area (Å²) < 4.78 is 0. The molecule has 23 heavy (non-hydrogen) atoms. The first-order valence-corrected chi connectivity index (χ1v) is 7.99. The van der Waals surface area contributed by atoms with Crippen LogP contribution in [0.3, 0.4) is 0 Å². The van der Waals surface area contributed by atoms with Crippen LogP contribution in [-0.4, -0.2) is 31.1 Å². The minimum absolute atomic E-state index is 0. The van der Waals surface area contributed by atoms with E-state index in [2.05, 4.69) is 59.6 Å². The van der Waals surface area contributed by atoms with Crippen molar-refractivity contribution < 1.29 is 0 Å². The van der Waals surface area contributed by atoms with E-state index in [4.69, 9.17) is 0 Å². The van der Waals surface area contributed by atoms with E-state index in [-0.39, 0.29) is 24.8 Å². The van der Waals surface area contributed by atoms with Gasteiger partial charge in [0.25, 0.3) is 0 Å². The molecule has 0 spiro atoms. The van der Waals surface area contributed by atoms with Gasteiger partial charge in [-0.2, -0.15) is 0 Å². The topological polar surface area (TPSA) is 15.3 Å². The Labute approximate surface area is 151 Å². The fourth-order valence-electron chi connectivity index (χ4n) is 3.71. The first-order chi connectivity index (χ1) is 10.3. The maximum absolute atomic E-state index is 3.43. The highest BCUT2D eigenvalue weighted by Crippen LogP contribution is 2.38. The van der Waals surface area contributed by atoms with Crippen molar-refractivity contribution in [2.75, 3.05) is 26.2 Å². The molecule has 4 rings (SSSR count). The van der Waals surface area contributed by atoms with Gasteiger partial charge in [0.1, 0.15) is 0 Å². The molecular weight excluding hydrogens is 327 g/mol. The number of fused-ring (bicyclic) bond motifs is 3. The second-order valence-electron chi connectivity index (χ2n) is 6.21. The zero-order valence-corrected chi connectivity index (χ0v) is 15.1. The van der Waals surface area contributed by atoms with Crippen molar-refractivity contribution in [2.24, 2.45) is 0 Å². The maximum Gasteiger partial charge on any atom is 0.0321 e. The molecule has 1 aliphatic carbocycles. The van der Waals surface area contributed by atoms with Gasteiger partial charge >= 0.3 is 0 Å². The molecular formula is C19H24Cl2N2. The van der Waals surface area contributed by atoms with E-state index in [1.54, 1.807) is 0 Å². The lowest BCUT2D eigenvalue weighted by molar-refractivity contribution is 0.185. The van der Waals surface area contributed by atoms with Crippen molar-refractivity contribution in [3.05, 3.63) is 59.2 Å². The molecule has 1 saturated heterocycles. The number of halogens is 2. The van der Waals surface area contributed by atoms with Crippen LogP contribution in [0, 0.1) is 0 Å². The van der Waals surface area contributed by atoms with E-state index in [9.17, 15) is 0 Å². The molecule has 2 aliphatic rings. The average molecular weight is 351 g/mol. The second-order valence-corrected chi connectivity index (χ2v) is 6.21. The minimum Gasteiger partial charge on any atom is -0.314 e. The Morgan fingerprint density at radius 3 is 2.39 bits per heavy atom. The fourth-order valence-corrected chi connectivity index (χ4v) is 3.71. The number of nitrogens with zero attached hydrogens (tertiary/aromatic N) is 1. The molecule has 2 aromatic carbocycles. The van der Waals surface area contributed by atoms with Crippen LogP contribution in [0.15, 0.2) is 42.5 Å². The van der Waals surface area contributed by atoms with Gasteiger partial charge in [0, 0.05) is 32.2 Å². The second kappa shape index (κ2) is 7.67. The highest BCUT2D eigenvalue weighted by Gasteiger charge is 2.22. The molecule has 2 nitrogen and oxygen atoms in total. The molecule has 0 radical (unpaired) electrons. The van der Waals surface area contributed by atoms with Crippen LogP contribution in [0.25, 0.3) is 11.1 Å². The molecule has 1 N–H and O–H groups in total. The summed E-state index contributed by atoms with van der Waals surface area (Å²) in [5.74, 6) is 0. The van der Waals surface area contributed by atoms with Crippen LogP contribution < -0.4 is 5.32 Å².